The minimum atomic E-state index is -3.73. The molecule has 0 aliphatic rings. The van der Waals surface area contributed by atoms with E-state index in [4.69, 9.17) is 0 Å². The van der Waals surface area contributed by atoms with Crippen molar-refractivity contribution in [2.45, 2.75) is 25.9 Å². The van der Waals surface area contributed by atoms with Gasteiger partial charge in [-0.25, -0.2) is 12.8 Å². The van der Waals surface area contributed by atoms with Gasteiger partial charge in [-0.3, -0.25) is 14.1 Å². The van der Waals surface area contributed by atoms with Crippen molar-refractivity contribution in [3.8, 4) is 0 Å². The number of sulfonamides is 1. The first-order chi connectivity index (χ1) is 11.8. The number of hydrogen-bond donors (Lipinski definition) is 1. The molecule has 1 heterocycles. The molecule has 0 spiro atoms. The van der Waals surface area contributed by atoms with Crippen LogP contribution in [0.3, 0.4) is 0 Å². The maximum Gasteiger partial charge on any atom is 0.244 e. The van der Waals surface area contributed by atoms with E-state index in [2.05, 4.69) is 10.3 Å². The van der Waals surface area contributed by atoms with Gasteiger partial charge < -0.3 is 5.32 Å². The van der Waals surface area contributed by atoms with Crippen LogP contribution in [0.5, 0.6) is 0 Å². The Hall–Kier alpha value is -2.48. The molecule has 0 radical (unpaired) electrons. The molecule has 0 saturated carbocycles. The van der Waals surface area contributed by atoms with E-state index in [-0.39, 0.29) is 18.7 Å². The molecule has 1 aromatic heterocycles. The van der Waals surface area contributed by atoms with Crippen molar-refractivity contribution in [2.75, 3.05) is 10.6 Å². The van der Waals surface area contributed by atoms with Gasteiger partial charge in [0.1, 0.15) is 11.9 Å². The fourth-order valence-corrected chi connectivity index (χ4v) is 3.67. The molecule has 1 N–H and O–H groups in total. The highest BCUT2D eigenvalue weighted by Crippen LogP contribution is 2.22. The molecular formula is C17H20FN3O3S. The first kappa shape index (κ1) is 18.9. The van der Waals surface area contributed by atoms with Crippen LogP contribution in [-0.4, -0.2) is 31.6 Å². The Morgan fingerprint density at radius 1 is 1.20 bits per heavy atom. The van der Waals surface area contributed by atoms with Crippen LogP contribution in [0.25, 0.3) is 0 Å². The standard InChI is InChI=1S/C17H20FN3O3S/c1-3-16(17(22)20-12-13-8-10-19-11-9-13)21(25(2,23)24)15-6-4-14(18)5-7-15/h4-11,16H,3,12H2,1-2H3,(H,20,22). The largest absolute Gasteiger partial charge is 0.350 e. The molecule has 25 heavy (non-hydrogen) atoms. The number of nitrogens with zero attached hydrogens (tertiary/aromatic N) is 2. The van der Waals surface area contributed by atoms with Crippen molar-refractivity contribution < 1.29 is 17.6 Å². The third-order valence-corrected chi connectivity index (χ3v) is 4.81. The molecule has 1 unspecified atom stereocenters. The first-order valence-corrected chi connectivity index (χ1v) is 9.59. The summed E-state index contributed by atoms with van der Waals surface area (Å²) in [4.78, 5) is 16.5. The Labute approximate surface area is 146 Å². The zero-order chi connectivity index (χ0) is 18.4. The van der Waals surface area contributed by atoms with Crippen molar-refractivity contribution >= 4 is 21.6 Å². The Morgan fingerprint density at radius 2 is 1.80 bits per heavy atom. The van der Waals surface area contributed by atoms with E-state index >= 15 is 0 Å². The van der Waals surface area contributed by atoms with Crippen LogP contribution in [0, 0.1) is 5.82 Å². The van der Waals surface area contributed by atoms with Crippen LogP contribution >= 0.6 is 0 Å². The molecule has 134 valence electrons. The molecule has 0 aliphatic carbocycles. The second kappa shape index (κ2) is 8.06. The number of amides is 1. The zero-order valence-corrected chi connectivity index (χ0v) is 14.8. The molecule has 2 aromatic rings. The molecule has 0 fully saturated rings. The highest BCUT2D eigenvalue weighted by Gasteiger charge is 2.31. The Morgan fingerprint density at radius 3 is 2.32 bits per heavy atom. The van der Waals surface area contributed by atoms with Crippen molar-refractivity contribution in [2.24, 2.45) is 0 Å². The molecule has 6 nitrogen and oxygen atoms in total. The number of hydrogen-bond acceptors (Lipinski definition) is 4. The summed E-state index contributed by atoms with van der Waals surface area (Å²) in [5, 5.41) is 2.74. The maximum atomic E-state index is 13.1. The number of pyridine rings is 1. The molecule has 8 heteroatoms. The summed E-state index contributed by atoms with van der Waals surface area (Å²) in [6, 6.07) is 7.60. The summed E-state index contributed by atoms with van der Waals surface area (Å²) in [6.07, 6.45) is 4.52. The van der Waals surface area contributed by atoms with Gasteiger partial charge >= 0.3 is 0 Å². The van der Waals surface area contributed by atoms with E-state index in [1.807, 2.05) is 0 Å². The number of halogens is 1. The second-order valence-electron chi connectivity index (χ2n) is 5.53. The highest BCUT2D eigenvalue weighted by molar-refractivity contribution is 7.92. The lowest BCUT2D eigenvalue weighted by molar-refractivity contribution is -0.122. The smallest absolute Gasteiger partial charge is 0.244 e. The SMILES string of the molecule is CCC(C(=O)NCc1ccncc1)N(c1ccc(F)cc1)S(C)(=O)=O. The van der Waals surface area contributed by atoms with Crippen molar-refractivity contribution in [3.05, 3.63) is 60.2 Å². The third kappa shape index (κ3) is 4.99. The van der Waals surface area contributed by atoms with Crippen molar-refractivity contribution in [1.82, 2.24) is 10.3 Å². The van der Waals surface area contributed by atoms with Gasteiger partial charge in [-0.15, -0.1) is 0 Å². The van der Waals surface area contributed by atoms with Gasteiger partial charge in [-0.1, -0.05) is 6.92 Å². The summed E-state index contributed by atoms with van der Waals surface area (Å²) in [7, 11) is -3.73. The lowest BCUT2D eigenvalue weighted by Crippen LogP contribution is -2.49. The quantitative estimate of drug-likeness (QED) is 0.815. The monoisotopic (exact) mass is 365 g/mol. The number of anilines is 1. The fourth-order valence-electron chi connectivity index (χ4n) is 2.46. The topological polar surface area (TPSA) is 79.4 Å². The lowest BCUT2D eigenvalue weighted by Gasteiger charge is -2.30. The summed E-state index contributed by atoms with van der Waals surface area (Å²) in [5.74, 6) is -0.901. The molecule has 0 saturated heterocycles. The summed E-state index contributed by atoms with van der Waals surface area (Å²) in [5.41, 5.74) is 1.10. The number of carbonyl (C=O) groups excluding carboxylic acids is 1. The molecule has 1 aromatic carbocycles. The van der Waals surface area contributed by atoms with E-state index < -0.39 is 27.8 Å². The van der Waals surface area contributed by atoms with Gasteiger partial charge in [0.05, 0.1) is 11.9 Å². The normalized spacial score (nSPS) is 12.4. The second-order valence-corrected chi connectivity index (χ2v) is 7.39. The molecule has 1 amide bonds. The van der Waals surface area contributed by atoms with Crippen molar-refractivity contribution in [3.63, 3.8) is 0 Å². The van der Waals surface area contributed by atoms with E-state index in [9.17, 15) is 17.6 Å². The average Bonchev–Trinajstić information content (AvgIpc) is 2.58. The summed E-state index contributed by atoms with van der Waals surface area (Å²) >= 11 is 0. The molecule has 2 rings (SSSR count). The Balaban J connectivity index is 2.23. The number of rotatable bonds is 7. The van der Waals surface area contributed by atoms with Crippen LogP contribution in [0.1, 0.15) is 18.9 Å². The molecule has 1 atom stereocenters. The minimum absolute atomic E-state index is 0.245. The maximum absolute atomic E-state index is 13.1. The van der Waals surface area contributed by atoms with Crippen LogP contribution in [0.15, 0.2) is 48.8 Å². The van der Waals surface area contributed by atoms with Gasteiger partial charge in [0, 0.05) is 18.9 Å². The van der Waals surface area contributed by atoms with E-state index in [0.29, 0.717) is 0 Å². The molecule has 0 bridgehead atoms. The van der Waals surface area contributed by atoms with Gasteiger partial charge in [0.15, 0.2) is 0 Å². The van der Waals surface area contributed by atoms with Gasteiger partial charge in [-0.2, -0.15) is 0 Å². The van der Waals surface area contributed by atoms with E-state index in [1.165, 1.54) is 12.1 Å². The zero-order valence-electron chi connectivity index (χ0n) is 14.0. The predicted molar refractivity (Wildman–Crippen MR) is 93.9 cm³/mol. The van der Waals surface area contributed by atoms with Gasteiger partial charge in [0.25, 0.3) is 0 Å². The fraction of sp³-hybridized carbons (Fsp3) is 0.294. The highest BCUT2D eigenvalue weighted by atomic mass is 32.2. The van der Waals surface area contributed by atoms with Gasteiger partial charge in [-0.05, 0) is 48.4 Å². The van der Waals surface area contributed by atoms with Crippen LogP contribution in [0.4, 0.5) is 10.1 Å². The summed E-state index contributed by atoms with van der Waals surface area (Å²) in [6.45, 7) is 1.98. The van der Waals surface area contributed by atoms with E-state index in [1.54, 1.807) is 31.5 Å². The van der Waals surface area contributed by atoms with Crippen LogP contribution < -0.4 is 9.62 Å². The van der Waals surface area contributed by atoms with Crippen LogP contribution in [-0.2, 0) is 21.4 Å². The van der Waals surface area contributed by atoms with E-state index in [0.717, 1.165) is 28.3 Å². The third-order valence-electron chi connectivity index (χ3n) is 3.63. The Bertz CT molecular complexity index is 811. The Kier molecular flexibility index (Phi) is 6.08. The van der Waals surface area contributed by atoms with Crippen molar-refractivity contribution in [1.29, 1.82) is 0 Å². The average molecular weight is 365 g/mol. The number of nitrogens with one attached hydrogen (secondary N) is 1. The number of benzene rings is 1. The summed E-state index contributed by atoms with van der Waals surface area (Å²) < 4.78 is 38.6. The lowest BCUT2D eigenvalue weighted by atomic mass is 10.1. The van der Waals surface area contributed by atoms with Crippen LogP contribution in [0.2, 0.25) is 0 Å². The predicted octanol–water partition coefficient (Wildman–Crippen LogP) is 2.08. The van der Waals surface area contributed by atoms with Gasteiger partial charge in [0.2, 0.25) is 15.9 Å². The first-order valence-electron chi connectivity index (χ1n) is 7.74. The number of aromatic nitrogens is 1. The number of carbonyl (C=O) groups is 1. The molecule has 0 aliphatic heterocycles. The molecular weight excluding hydrogens is 345 g/mol. The minimum Gasteiger partial charge on any atom is -0.350 e.